The molecule has 0 unspecified atom stereocenters. The van der Waals surface area contributed by atoms with E-state index >= 15 is 0 Å². The highest BCUT2D eigenvalue weighted by Crippen LogP contribution is 2.29. The Labute approximate surface area is 169 Å². The largest absolute Gasteiger partial charge is 0.355 e. The first-order chi connectivity index (χ1) is 14.0. The van der Waals surface area contributed by atoms with E-state index in [1.807, 2.05) is 61.2 Å². The van der Waals surface area contributed by atoms with Gasteiger partial charge in [-0.25, -0.2) is 0 Å². The minimum atomic E-state index is -0.0243. The molecule has 6 heteroatoms. The third-order valence-electron chi connectivity index (χ3n) is 5.41. The SMILES string of the molecule is CC(C)C(=O)NC1CCN(C(=O)c2ccc3noc(-c4ccccc4)c3c2)CC1. The Kier molecular flexibility index (Phi) is 5.34. The van der Waals surface area contributed by atoms with Gasteiger partial charge in [0.05, 0.1) is 5.39 Å². The molecule has 0 saturated carbocycles. The predicted octanol–water partition coefficient (Wildman–Crippen LogP) is 3.87. The lowest BCUT2D eigenvalue weighted by Gasteiger charge is -2.32. The Balaban J connectivity index is 1.49. The van der Waals surface area contributed by atoms with Crippen molar-refractivity contribution in [3.63, 3.8) is 0 Å². The van der Waals surface area contributed by atoms with Crippen LogP contribution in [0.5, 0.6) is 0 Å². The molecule has 2 amide bonds. The van der Waals surface area contributed by atoms with Crippen molar-refractivity contribution in [3.05, 3.63) is 54.1 Å². The Morgan fingerprint density at radius 2 is 1.83 bits per heavy atom. The summed E-state index contributed by atoms with van der Waals surface area (Å²) in [6, 6.07) is 15.4. The fourth-order valence-corrected chi connectivity index (χ4v) is 3.65. The summed E-state index contributed by atoms with van der Waals surface area (Å²) in [6.07, 6.45) is 1.55. The molecule has 1 N–H and O–H groups in total. The van der Waals surface area contributed by atoms with Crippen LogP contribution < -0.4 is 5.32 Å². The lowest BCUT2D eigenvalue weighted by atomic mass is 10.0. The standard InChI is InChI=1S/C23H25N3O3/c1-15(2)22(27)24-18-10-12-26(13-11-18)23(28)17-8-9-20-19(14-17)21(29-25-20)16-6-4-3-5-7-16/h3-9,14-15,18H,10-13H2,1-2H3,(H,24,27). The second kappa shape index (κ2) is 8.07. The third-order valence-corrected chi connectivity index (χ3v) is 5.41. The zero-order chi connectivity index (χ0) is 20.4. The number of nitrogens with zero attached hydrogens (tertiary/aromatic N) is 2. The third kappa shape index (κ3) is 4.01. The molecule has 2 aromatic carbocycles. The number of fused-ring (bicyclic) bond motifs is 1. The van der Waals surface area contributed by atoms with Crippen LogP contribution in [-0.4, -0.2) is 41.0 Å². The van der Waals surface area contributed by atoms with Gasteiger partial charge in [0, 0.05) is 36.2 Å². The van der Waals surface area contributed by atoms with E-state index in [-0.39, 0.29) is 23.8 Å². The molecule has 1 aliphatic rings. The maximum atomic E-state index is 13.0. The normalized spacial score (nSPS) is 15.1. The van der Waals surface area contributed by atoms with Crippen molar-refractivity contribution in [1.29, 1.82) is 0 Å². The lowest BCUT2D eigenvalue weighted by Crippen LogP contribution is -2.47. The number of piperidine rings is 1. The number of rotatable bonds is 4. The van der Waals surface area contributed by atoms with E-state index in [0.717, 1.165) is 29.3 Å². The summed E-state index contributed by atoms with van der Waals surface area (Å²) < 4.78 is 5.54. The molecule has 150 valence electrons. The molecule has 6 nitrogen and oxygen atoms in total. The van der Waals surface area contributed by atoms with Crippen LogP contribution in [0.3, 0.4) is 0 Å². The van der Waals surface area contributed by atoms with E-state index < -0.39 is 0 Å². The number of carbonyl (C=O) groups is 2. The fraction of sp³-hybridized carbons (Fsp3) is 0.348. The first-order valence-corrected chi connectivity index (χ1v) is 10.1. The van der Waals surface area contributed by atoms with Crippen molar-refractivity contribution in [2.24, 2.45) is 5.92 Å². The predicted molar refractivity (Wildman–Crippen MR) is 111 cm³/mol. The minimum absolute atomic E-state index is 0.000692. The Bertz CT molecular complexity index is 1020. The van der Waals surface area contributed by atoms with E-state index in [4.69, 9.17) is 4.52 Å². The molecule has 1 fully saturated rings. The van der Waals surface area contributed by atoms with Crippen LogP contribution in [0.1, 0.15) is 37.0 Å². The van der Waals surface area contributed by atoms with Gasteiger partial charge in [0.2, 0.25) is 5.91 Å². The number of carbonyl (C=O) groups excluding carboxylic acids is 2. The molecule has 1 aromatic heterocycles. The number of amides is 2. The van der Waals surface area contributed by atoms with Gasteiger partial charge in [-0.05, 0) is 31.0 Å². The van der Waals surface area contributed by atoms with Crippen molar-refractivity contribution in [2.75, 3.05) is 13.1 Å². The van der Waals surface area contributed by atoms with Gasteiger partial charge in [0.25, 0.3) is 5.91 Å². The minimum Gasteiger partial charge on any atom is -0.355 e. The Morgan fingerprint density at radius 3 is 2.52 bits per heavy atom. The Morgan fingerprint density at radius 1 is 1.10 bits per heavy atom. The van der Waals surface area contributed by atoms with E-state index in [2.05, 4.69) is 10.5 Å². The maximum absolute atomic E-state index is 13.0. The van der Waals surface area contributed by atoms with Crippen LogP contribution in [0, 0.1) is 5.92 Å². The first kappa shape index (κ1) is 19.2. The van der Waals surface area contributed by atoms with Crippen molar-refractivity contribution in [2.45, 2.75) is 32.7 Å². The summed E-state index contributed by atoms with van der Waals surface area (Å²) in [4.78, 5) is 26.8. The summed E-state index contributed by atoms with van der Waals surface area (Å²) >= 11 is 0. The average Bonchev–Trinajstić information content (AvgIpc) is 3.17. The first-order valence-electron chi connectivity index (χ1n) is 10.1. The molecule has 0 spiro atoms. The summed E-state index contributed by atoms with van der Waals surface area (Å²) in [5.41, 5.74) is 2.29. The van der Waals surface area contributed by atoms with Crippen LogP contribution in [0.25, 0.3) is 22.2 Å². The van der Waals surface area contributed by atoms with Crippen LogP contribution in [0.15, 0.2) is 53.1 Å². The van der Waals surface area contributed by atoms with Crippen LogP contribution in [-0.2, 0) is 4.79 Å². The molecule has 0 bridgehead atoms. The van der Waals surface area contributed by atoms with Gasteiger partial charge in [-0.3, -0.25) is 9.59 Å². The smallest absolute Gasteiger partial charge is 0.253 e. The number of hydrogen-bond acceptors (Lipinski definition) is 4. The van der Waals surface area contributed by atoms with E-state index in [0.29, 0.717) is 24.4 Å². The maximum Gasteiger partial charge on any atom is 0.253 e. The number of hydrogen-bond donors (Lipinski definition) is 1. The highest BCUT2D eigenvalue weighted by Gasteiger charge is 2.25. The topological polar surface area (TPSA) is 75.4 Å². The molecule has 1 saturated heterocycles. The molecule has 0 radical (unpaired) electrons. The van der Waals surface area contributed by atoms with E-state index in [9.17, 15) is 9.59 Å². The number of aromatic nitrogens is 1. The second-order valence-corrected chi connectivity index (χ2v) is 7.84. The zero-order valence-corrected chi connectivity index (χ0v) is 16.7. The van der Waals surface area contributed by atoms with Crippen molar-refractivity contribution in [3.8, 4) is 11.3 Å². The highest BCUT2D eigenvalue weighted by atomic mass is 16.5. The van der Waals surface area contributed by atoms with Crippen LogP contribution in [0.4, 0.5) is 0 Å². The van der Waals surface area contributed by atoms with E-state index in [1.165, 1.54) is 0 Å². The molecule has 0 aliphatic carbocycles. The summed E-state index contributed by atoms with van der Waals surface area (Å²) in [6.45, 7) is 5.04. The van der Waals surface area contributed by atoms with Gasteiger partial charge in [-0.2, -0.15) is 0 Å². The summed E-state index contributed by atoms with van der Waals surface area (Å²) in [5.74, 6) is 0.719. The highest BCUT2D eigenvalue weighted by molar-refractivity contribution is 6.01. The van der Waals surface area contributed by atoms with Crippen molar-refractivity contribution >= 4 is 22.7 Å². The molecule has 29 heavy (non-hydrogen) atoms. The summed E-state index contributed by atoms with van der Waals surface area (Å²) in [5, 5.41) is 8.02. The van der Waals surface area contributed by atoms with Gasteiger partial charge in [0.15, 0.2) is 5.76 Å². The molecular formula is C23H25N3O3. The lowest BCUT2D eigenvalue weighted by molar-refractivity contribution is -0.124. The van der Waals surface area contributed by atoms with Gasteiger partial charge in [-0.1, -0.05) is 49.3 Å². The Hall–Kier alpha value is -3.15. The van der Waals surface area contributed by atoms with Crippen LogP contribution in [0.2, 0.25) is 0 Å². The molecule has 1 aliphatic heterocycles. The second-order valence-electron chi connectivity index (χ2n) is 7.84. The summed E-state index contributed by atoms with van der Waals surface area (Å²) in [7, 11) is 0. The molecule has 0 atom stereocenters. The molecule has 4 rings (SSSR count). The van der Waals surface area contributed by atoms with Gasteiger partial charge in [0.1, 0.15) is 5.52 Å². The molecular weight excluding hydrogens is 366 g/mol. The average molecular weight is 391 g/mol. The van der Waals surface area contributed by atoms with Gasteiger partial charge < -0.3 is 14.7 Å². The monoisotopic (exact) mass is 391 g/mol. The van der Waals surface area contributed by atoms with E-state index in [1.54, 1.807) is 6.07 Å². The van der Waals surface area contributed by atoms with Crippen LogP contribution >= 0.6 is 0 Å². The van der Waals surface area contributed by atoms with Crippen molar-refractivity contribution < 1.29 is 14.1 Å². The number of likely N-dealkylation sites (tertiary alicyclic amines) is 1. The zero-order valence-electron chi connectivity index (χ0n) is 16.7. The van der Waals surface area contributed by atoms with Gasteiger partial charge in [-0.15, -0.1) is 0 Å². The van der Waals surface area contributed by atoms with Gasteiger partial charge >= 0.3 is 0 Å². The molecule has 2 heterocycles. The van der Waals surface area contributed by atoms with Crippen molar-refractivity contribution in [1.82, 2.24) is 15.4 Å². The number of nitrogens with one attached hydrogen (secondary N) is 1. The fourth-order valence-electron chi connectivity index (χ4n) is 3.65. The quantitative estimate of drug-likeness (QED) is 0.732. The molecule has 3 aromatic rings. The number of benzene rings is 2.